The van der Waals surface area contributed by atoms with E-state index in [-0.39, 0.29) is 6.04 Å². The van der Waals surface area contributed by atoms with Crippen molar-refractivity contribution in [3.8, 4) is 5.75 Å². The Morgan fingerprint density at radius 1 is 1.07 bits per heavy atom. The Morgan fingerprint density at radius 3 is 2.48 bits per heavy atom. The van der Waals surface area contributed by atoms with Crippen LogP contribution < -0.4 is 14.5 Å². The number of nitrogens with zero attached hydrogens (tertiary/aromatic N) is 4. The maximum Gasteiger partial charge on any atom is 0.214 e. The highest BCUT2D eigenvalue weighted by Crippen LogP contribution is 2.25. The fourth-order valence-corrected chi connectivity index (χ4v) is 4.22. The molecule has 152 valence electrons. The van der Waals surface area contributed by atoms with Crippen molar-refractivity contribution in [2.24, 2.45) is 0 Å². The maximum absolute atomic E-state index is 6.62. The van der Waals surface area contributed by atoms with Crippen LogP contribution in [0.2, 0.25) is 5.02 Å². The minimum atomic E-state index is 0.00467. The quantitative estimate of drug-likeness (QED) is 0.590. The van der Waals surface area contributed by atoms with Gasteiger partial charge in [-0.05, 0) is 34.2 Å². The first-order valence-electron chi connectivity index (χ1n) is 9.95. The van der Waals surface area contributed by atoms with Gasteiger partial charge in [-0.15, -0.1) is 5.10 Å². The number of nitrogens with one attached hydrogen (secondary N) is 2. The Hall–Kier alpha value is -2.48. The standard InChI is InChI=1S/C21H25ClN6O/c1-26-11-13-27(14-12-26)20(18-5-3-4-6-19(18)22)21-23-24-25-28(21)15-16-7-9-17(29-2)10-8-16/h3-10,20H,11-15H2,1-2H3/p+2/t20-/m0/s1. The lowest BCUT2D eigenvalue weighted by molar-refractivity contribution is -1.02. The number of piperazine rings is 1. The Labute approximate surface area is 175 Å². The molecule has 2 heterocycles. The van der Waals surface area contributed by atoms with Gasteiger partial charge in [-0.1, -0.05) is 41.9 Å². The van der Waals surface area contributed by atoms with E-state index in [9.17, 15) is 0 Å². The molecule has 1 aliphatic rings. The molecule has 29 heavy (non-hydrogen) atoms. The molecule has 8 heteroatoms. The molecule has 1 aliphatic heterocycles. The summed E-state index contributed by atoms with van der Waals surface area (Å²) in [6.07, 6.45) is 0. The number of halogens is 1. The van der Waals surface area contributed by atoms with Crippen LogP contribution in [0.25, 0.3) is 0 Å². The fourth-order valence-electron chi connectivity index (χ4n) is 3.97. The summed E-state index contributed by atoms with van der Waals surface area (Å²) in [5.41, 5.74) is 2.20. The molecular weight excluding hydrogens is 388 g/mol. The van der Waals surface area contributed by atoms with Gasteiger partial charge in [-0.25, -0.2) is 4.68 Å². The lowest BCUT2D eigenvalue weighted by atomic mass is 10.0. The predicted octanol–water partition coefficient (Wildman–Crippen LogP) is -0.114. The molecule has 7 nitrogen and oxygen atoms in total. The Morgan fingerprint density at radius 2 is 1.79 bits per heavy atom. The van der Waals surface area contributed by atoms with Gasteiger partial charge in [0, 0.05) is 5.56 Å². The molecule has 1 aromatic heterocycles. The van der Waals surface area contributed by atoms with Crippen LogP contribution in [0, 0.1) is 0 Å². The number of likely N-dealkylation sites (N-methyl/N-ethyl adjacent to an activating group) is 1. The van der Waals surface area contributed by atoms with E-state index in [1.165, 1.54) is 4.90 Å². The molecule has 1 atom stereocenters. The van der Waals surface area contributed by atoms with Crippen molar-refractivity contribution < 1.29 is 14.5 Å². The van der Waals surface area contributed by atoms with Crippen LogP contribution >= 0.6 is 11.6 Å². The van der Waals surface area contributed by atoms with Crippen LogP contribution in [-0.4, -0.2) is 60.5 Å². The molecular formula is C21H27ClN6O+2. The van der Waals surface area contributed by atoms with Gasteiger partial charge < -0.3 is 14.5 Å². The number of aromatic nitrogens is 4. The van der Waals surface area contributed by atoms with Crippen LogP contribution in [-0.2, 0) is 6.54 Å². The second kappa shape index (κ2) is 8.90. The predicted molar refractivity (Wildman–Crippen MR) is 111 cm³/mol. The first-order chi connectivity index (χ1) is 14.2. The molecule has 4 rings (SSSR count). The average molecular weight is 415 g/mol. The average Bonchev–Trinajstić information content (AvgIpc) is 3.19. The molecule has 0 unspecified atom stereocenters. The normalized spacial score (nSPS) is 20.4. The third-order valence-electron chi connectivity index (χ3n) is 5.68. The summed E-state index contributed by atoms with van der Waals surface area (Å²) in [7, 11) is 3.91. The number of methoxy groups -OCH3 is 1. The molecule has 0 radical (unpaired) electrons. The van der Waals surface area contributed by atoms with Gasteiger partial charge in [-0.3, -0.25) is 0 Å². The minimum absolute atomic E-state index is 0.00467. The number of ether oxygens (including phenoxy) is 1. The highest BCUT2D eigenvalue weighted by molar-refractivity contribution is 6.31. The van der Waals surface area contributed by atoms with Crippen LogP contribution in [0.5, 0.6) is 5.75 Å². The summed E-state index contributed by atoms with van der Waals surface area (Å²) in [6.45, 7) is 4.95. The zero-order valence-electron chi connectivity index (χ0n) is 16.8. The van der Waals surface area contributed by atoms with Gasteiger partial charge in [-0.2, -0.15) is 0 Å². The molecule has 0 spiro atoms. The number of tetrazole rings is 1. The van der Waals surface area contributed by atoms with Crippen molar-refractivity contribution in [2.45, 2.75) is 12.6 Å². The first kappa shape index (κ1) is 19.8. The first-order valence-corrected chi connectivity index (χ1v) is 10.3. The summed E-state index contributed by atoms with van der Waals surface area (Å²) in [5, 5.41) is 13.5. The number of benzene rings is 2. The molecule has 0 aliphatic carbocycles. The van der Waals surface area contributed by atoms with Gasteiger partial charge in [0.25, 0.3) is 0 Å². The second-order valence-electron chi connectivity index (χ2n) is 7.61. The van der Waals surface area contributed by atoms with E-state index < -0.39 is 0 Å². The van der Waals surface area contributed by atoms with Crippen molar-refractivity contribution in [1.29, 1.82) is 0 Å². The zero-order chi connectivity index (χ0) is 20.2. The molecule has 2 N–H and O–H groups in total. The largest absolute Gasteiger partial charge is 0.497 e. The van der Waals surface area contributed by atoms with Crippen LogP contribution in [0.15, 0.2) is 48.5 Å². The van der Waals surface area contributed by atoms with Crippen molar-refractivity contribution in [2.75, 3.05) is 40.3 Å². The molecule has 1 saturated heterocycles. The highest BCUT2D eigenvalue weighted by Gasteiger charge is 2.35. The minimum Gasteiger partial charge on any atom is -0.497 e. The summed E-state index contributed by atoms with van der Waals surface area (Å²) < 4.78 is 7.16. The second-order valence-corrected chi connectivity index (χ2v) is 8.02. The molecule has 1 fully saturated rings. The number of rotatable bonds is 6. The van der Waals surface area contributed by atoms with E-state index in [1.54, 1.807) is 12.0 Å². The topological polar surface area (TPSA) is 61.7 Å². The summed E-state index contributed by atoms with van der Waals surface area (Å²) in [4.78, 5) is 3.01. The van der Waals surface area contributed by atoms with E-state index in [0.717, 1.165) is 53.9 Å². The lowest BCUT2D eigenvalue weighted by Gasteiger charge is -2.33. The fraction of sp³-hybridized carbons (Fsp3) is 0.381. The smallest absolute Gasteiger partial charge is 0.214 e. The monoisotopic (exact) mass is 414 g/mol. The SMILES string of the molecule is COc1ccc(Cn2nnnc2[C@H](c2ccccc2Cl)[NH+]2CC[NH+](C)CC2)cc1. The van der Waals surface area contributed by atoms with E-state index in [4.69, 9.17) is 16.3 Å². The van der Waals surface area contributed by atoms with Crippen molar-refractivity contribution in [1.82, 2.24) is 20.2 Å². The van der Waals surface area contributed by atoms with Gasteiger partial charge in [0.1, 0.15) is 31.9 Å². The lowest BCUT2D eigenvalue weighted by Crippen LogP contribution is -3.27. The van der Waals surface area contributed by atoms with E-state index in [0.29, 0.717) is 6.54 Å². The number of quaternary nitrogens is 2. The van der Waals surface area contributed by atoms with Crippen molar-refractivity contribution in [3.63, 3.8) is 0 Å². The zero-order valence-corrected chi connectivity index (χ0v) is 17.6. The van der Waals surface area contributed by atoms with E-state index in [2.05, 4.69) is 28.6 Å². The number of hydrogen-bond acceptors (Lipinski definition) is 4. The van der Waals surface area contributed by atoms with Gasteiger partial charge in [0.05, 0.1) is 25.7 Å². The van der Waals surface area contributed by atoms with Gasteiger partial charge in [0.15, 0.2) is 6.04 Å². The summed E-state index contributed by atoms with van der Waals surface area (Å²) >= 11 is 6.62. The molecule has 0 amide bonds. The summed E-state index contributed by atoms with van der Waals surface area (Å²) in [6, 6.07) is 16.0. The third-order valence-corrected chi connectivity index (χ3v) is 6.02. The maximum atomic E-state index is 6.62. The third kappa shape index (κ3) is 4.42. The molecule has 0 saturated carbocycles. The van der Waals surface area contributed by atoms with E-state index in [1.807, 2.05) is 47.1 Å². The van der Waals surface area contributed by atoms with Crippen molar-refractivity contribution >= 4 is 11.6 Å². The molecule has 2 aromatic carbocycles. The Kier molecular flexibility index (Phi) is 6.08. The Balaban J connectivity index is 1.68. The summed E-state index contributed by atoms with van der Waals surface area (Å²) in [5.74, 6) is 1.69. The van der Waals surface area contributed by atoms with Crippen LogP contribution in [0.3, 0.4) is 0 Å². The number of hydrogen-bond donors (Lipinski definition) is 2. The van der Waals surface area contributed by atoms with Gasteiger partial charge in [0.2, 0.25) is 5.82 Å². The van der Waals surface area contributed by atoms with E-state index >= 15 is 0 Å². The molecule has 0 bridgehead atoms. The van der Waals surface area contributed by atoms with Crippen LogP contribution in [0.1, 0.15) is 23.0 Å². The Bertz CT molecular complexity index is 936. The highest BCUT2D eigenvalue weighted by atomic mass is 35.5. The van der Waals surface area contributed by atoms with Gasteiger partial charge >= 0.3 is 0 Å². The van der Waals surface area contributed by atoms with Crippen molar-refractivity contribution in [3.05, 3.63) is 70.5 Å². The van der Waals surface area contributed by atoms with Crippen LogP contribution in [0.4, 0.5) is 0 Å². The molecule has 3 aromatic rings.